The molecule has 2 aromatic heterocycles. The summed E-state index contributed by atoms with van der Waals surface area (Å²) in [5.41, 5.74) is 0.282. The number of hydrogen-bond donors (Lipinski definition) is 2. The fourth-order valence-corrected chi connectivity index (χ4v) is 3.71. The molecule has 2 heterocycles. The Morgan fingerprint density at radius 3 is 2.80 bits per heavy atom. The number of fused-ring (bicyclic) bond motifs is 1. The minimum Gasteiger partial charge on any atom is -0.325 e. The first-order valence-corrected chi connectivity index (χ1v) is 9.88. The van der Waals surface area contributed by atoms with Crippen LogP contribution in [0.3, 0.4) is 0 Å². The van der Waals surface area contributed by atoms with Gasteiger partial charge in [0.25, 0.3) is 5.56 Å². The van der Waals surface area contributed by atoms with Crippen LogP contribution >= 0.6 is 23.4 Å². The Hall–Kier alpha value is -3.24. The topological polar surface area (TPSA) is 92.7 Å². The molecule has 4 aromatic rings. The minimum absolute atomic E-state index is 0.0762. The second-order valence-electron chi connectivity index (χ2n) is 6.11. The minimum atomic E-state index is -1.11. The van der Waals surface area contributed by atoms with Crippen molar-refractivity contribution in [1.82, 2.24) is 19.7 Å². The van der Waals surface area contributed by atoms with E-state index in [0.29, 0.717) is 10.7 Å². The lowest BCUT2D eigenvalue weighted by molar-refractivity contribution is -0.113. The number of nitrogens with one attached hydrogen (secondary N) is 2. The third-order valence-corrected chi connectivity index (χ3v) is 5.23. The molecule has 0 aliphatic rings. The van der Waals surface area contributed by atoms with Crippen LogP contribution in [0.5, 0.6) is 0 Å². The molecule has 152 valence electrons. The number of anilines is 1. The van der Waals surface area contributed by atoms with Gasteiger partial charge in [-0.2, -0.15) is 5.10 Å². The largest absolute Gasteiger partial charge is 0.325 e. The summed E-state index contributed by atoms with van der Waals surface area (Å²) in [5, 5.41) is 9.84. The second kappa shape index (κ2) is 8.25. The molecule has 0 saturated carbocycles. The number of H-pyrrole nitrogens is 1. The van der Waals surface area contributed by atoms with Crippen LogP contribution in [0, 0.1) is 11.6 Å². The maximum Gasteiger partial charge on any atom is 0.269 e. The van der Waals surface area contributed by atoms with Crippen LogP contribution in [-0.4, -0.2) is 31.4 Å². The van der Waals surface area contributed by atoms with Gasteiger partial charge in [0, 0.05) is 16.8 Å². The van der Waals surface area contributed by atoms with Crippen molar-refractivity contribution in [2.45, 2.75) is 5.16 Å². The molecule has 4 rings (SSSR count). The zero-order valence-corrected chi connectivity index (χ0v) is 16.6. The molecule has 0 aliphatic heterocycles. The maximum absolute atomic E-state index is 13.8. The number of halogens is 3. The lowest BCUT2D eigenvalue weighted by Gasteiger charge is -2.12. The van der Waals surface area contributed by atoms with Gasteiger partial charge in [0.05, 0.1) is 17.6 Å². The molecule has 30 heavy (non-hydrogen) atoms. The van der Waals surface area contributed by atoms with Gasteiger partial charge in [-0.05, 0) is 30.3 Å². The van der Waals surface area contributed by atoms with E-state index in [9.17, 15) is 18.4 Å². The van der Waals surface area contributed by atoms with Gasteiger partial charge in [0.2, 0.25) is 5.91 Å². The molecular weight excluding hydrogens is 436 g/mol. The Labute approximate surface area is 177 Å². The Morgan fingerprint density at radius 1 is 1.20 bits per heavy atom. The average Bonchev–Trinajstić information content (AvgIpc) is 3.18. The average molecular weight is 448 g/mol. The predicted octanol–water partition coefficient (Wildman–Crippen LogP) is 3.77. The third kappa shape index (κ3) is 4.05. The standard InChI is InChI=1S/C19H12ClF2N5O2S/c20-10-2-1-3-11(6-10)24-16(28)9-30-19-25-17-13(8-23-26-17)18(29)27(19)12-4-5-14(21)15(22)7-12/h1-8H,9H2,(H,23,26)(H,24,28). The molecule has 2 aromatic carbocycles. The second-order valence-corrected chi connectivity index (χ2v) is 7.49. The number of benzene rings is 2. The van der Waals surface area contributed by atoms with Gasteiger partial charge in [-0.3, -0.25) is 19.3 Å². The number of amides is 1. The third-order valence-electron chi connectivity index (χ3n) is 4.05. The summed E-state index contributed by atoms with van der Waals surface area (Å²) < 4.78 is 28.2. The monoisotopic (exact) mass is 447 g/mol. The van der Waals surface area contributed by atoms with Crippen LogP contribution in [-0.2, 0) is 4.79 Å². The number of aromatic amines is 1. The summed E-state index contributed by atoms with van der Waals surface area (Å²) in [6.45, 7) is 0. The summed E-state index contributed by atoms with van der Waals surface area (Å²) in [6, 6.07) is 9.70. The van der Waals surface area contributed by atoms with Crippen molar-refractivity contribution in [2.24, 2.45) is 0 Å². The highest BCUT2D eigenvalue weighted by atomic mass is 35.5. The molecular formula is C19H12ClF2N5O2S. The summed E-state index contributed by atoms with van der Waals surface area (Å²) in [4.78, 5) is 29.5. The fourth-order valence-electron chi connectivity index (χ4n) is 2.72. The highest BCUT2D eigenvalue weighted by molar-refractivity contribution is 7.99. The van der Waals surface area contributed by atoms with E-state index < -0.39 is 17.2 Å². The van der Waals surface area contributed by atoms with Gasteiger partial charge >= 0.3 is 0 Å². The fraction of sp³-hybridized carbons (Fsp3) is 0.0526. The smallest absolute Gasteiger partial charge is 0.269 e. The number of rotatable bonds is 5. The lowest BCUT2D eigenvalue weighted by Crippen LogP contribution is -2.22. The number of nitrogens with zero attached hydrogens (tertiary/aromatic N) is 3. The van der Waals surface area contributed by atoms with Crippen molar-refractivity contribution in [3.8, 4) is 5.69 Å². The lowest BCUT2D eigenvalue weighted by atomic mass is 10.3. The summed E-state index contributed by atoms with van der Waals surface area (Å²) >= 11 is 6.86. The number of aromatic nitrogens is 4. The Kier molecular flexibility index (Phi) is 5.51. The molecule has 0 fully saturated rings. The molecule has 0 spiro atoms. The summed E-state index contributed by atoms with van der Waals surface area (Å²) in [5.74, 6) is -2.61. The Morgan fingerprint density at radius 2 is 2.03 bits per heavy atom. The van der Waals surface area contributed by atoms with Crippen LogP contribution < -0.4 is 10.9 Å². The van der Waals surface area contributed by atoms with Gasteiger partial charge in [0.15, 0.2) is 22.4 Å². The van der Waals surface area contributed by atoms with Crippen molar-refractivity contribution in [1.29, 1.82) is 0 Å². The van der Waals surface area contributed by atoms with Crippen molar-refractivity contribution >= 4 is 46.0 Å². The van der Waals surface area contributed by atoms with E-state index in [1.54, 1.807) is 24.3 Å². The maximum atomic E-state index is 13.8. The summed E-state index contributed by atoms with van der Waals surface area (Å²) in [7, 11) is 0. The molecule has 11 heteroatoms. The SMILES string of the molecule is O=C(CSc1nc2[nH]ncc2c(=O)n1-c1ccc(F)c(F)c1)Nc1cccc(Cl)c1. The first-order chi connectivity index (χ1) is 14.4. The van der Waals surface area contributed by atoms with Crippen molar-refractivity contribution < 1.29 is 13.6 Å². The zero-order valence-electron chi connectivity index (χ0n) is 15.0. The van der Waals surface area contributed by atoms with Gasteiger partial charge in [-0.25, -0.2) is 13.8 Å². The molecule has 0 atom stereocenters. The molecule has 0 saturated heterocycles. The van der Waals surface area contributed by atoms with E-state index in [1.165, 1.54) is 12.3 Å². The first kappa shape index (κ1) is 20.0. The molecule has 7 nitrogen and oxygen atoms in total. The first-order valence-electron chi connectivity index (χ1n) is 8.52. The van der Waals surface area contributed by atoms with Crippen LogP contribution in [0.2, 0.25) is 5.02 Å². The number of carbonyl (C=O) groups excluding carboxylic acids is 1. The van der Waals surface area contributed by atoms with E-state index in [4.69, 9.17) is 11.6 Å². The van der Waals surface area contributed by atoms with Gasteiger partial charge in [0.1, 0.15) is 5.39 Å². The number of thioether (sulfide) groups is 1. The van der Waals surface area contributed by atoms with Gasteiger partial charge in [-0.1, -0.05) is 29.4 Å². The quantitative estimate of drug-likeness (QED) is 0.359. The molecule has 1 amide bonds. The molecule has 0 radical (unpaired) electrons. The highest BCUT2D eigenvalue weighted by Crippen LogP contribution is 2.22. The van der Waals surface area contributed by atoms with Crippen LogP contribution in [0.15, 0.2) is 58.6 Å². The Bertz CT molecular complexity index is 1320. The van der Waals surface area contributed by atoms with E-state index in [-0.39, 0.29) is 33.5 Å². The highest BCUT2D eigenvalue weighted by Gasteiger charge is 2.17. The molecule has 0 unspecified atom stereocenters. The predicted molar refractivity (Wildman–Crippen MR) is 110 cm³/mol. The van der Waals surface area contributed by atoms with Crippen molar-refractivity contribution in [3.63, 3.8) is 0 Å². The Balaban J connectivity index is 1.66. The van der Waals surface area contributed by atoms with Gasteiger partial charge < -0.3 is 5.32 Å². The van der Waals surface area contributed by atoms with Crippen LogP contribution in [0.25, 0.3) is 16.7 Å². The van der Waals surface area contributed by atoms with Crippen LogP contribution in [0.4, 0.5) is 14.5 Å². The normalized spacial score (nSPS) is 11.0. The summed E-state index contributed by atoms with van der Waals surface area (Å²) in [6.07, 6.45) is 1.29. The van der Waals surface area contributed by atoms with Gasteiger partial charge in [-0.15, -0.1) is 0 Å². The molecule has 0 aliphatic carbocycles. The van der Waals surface area contributed by atoms with E-state index >= 15 is 0 Å². The van der Waals surface area contributed by atoms with E-state index in [2.05, 4.69) is 20.5 Å². The van der Waals surface area contributed by atoms with Crippen LogP contribution in [0.1, 0.15) is 0 Å². The van der Waals surface area contributed by atoms with E-state index in [0.717, 1.165) is 28.5 Å². The number of hydrogen-bond acceptors (Lipinski definition) is 5. The van der Waals surface area contributed by atoms with Crippen molar-refractivity contribution in [2.75, 3.05) is 11.1 Å². The molecule has 0 bridgehead atoms. The zero-order chi connectivity index (χ0) is 21.3. The molecule has 2 N–H and O–H groups in total. The van der Waals surface area contributed by atoms with E-state index in [1.807, 2.05) is 0 Å². The number of carbonyl (C=O) groups is 1. The van der Waals surface area contributed by atoms with Crippen molar-refractivity contribution in [3.05, 3.63) is 75.7 Å².